The van der Waals surface area contributed by atoms with Crippen LogP contribution in [0, 0.1) is 0 Å². The second kappa shape index (κ2) is 9.41. The highest BCUT2D eigenvalue weighted by Gasteiger charge is 2.32. The molecule has 1 heterocycles. The molecule has 3 amide bonds. The maximum atomic E-state index is 12.7. The van der Waals surface area contributed by atoms with E-state index in [9.17, 15) is 14.4 Å². The summed E-state index contributed by atoms with van der Waals surface area (Å²) in [7, 11) is 3.11. The highest BCUT2D eigenvalue weighted by Crippen LogP contribution is 2.23. The summed E-state index contributed by atoms with van der Waals surface area (Å²) in [6.07, 6.45) is 0.471. The van der Waals surface area contributed by atoms with E-state index in [0.29, 0.717) is 24.4 Å². The van der Waals surface area contributed by atoms with Gasteiger partial charge in [-0.1, -0.05) is 30.3 Å². The third-order valence-corrected chi connectivity index (χ3v) is 5.17. The van der Waals surface area contributed by atoms with Crippen molar-refractivity contribution in [3.05, 3.63) is 59.7 Å². The van der Waals surface area contributed by atoms with E-state index in [4.69, 9.17) is 10.5 Å². The first-order valence-corrected chi connectivity index (χ1v) is 9.65. The van der Waals surface area contributed by atoms with Crippen molar-refractivity contribution in [2.75, 3.05) is 32.6 Å². The van der Waals surface area contributed by atoms with Crippen molar-refractivity contribution < 1.29 is 19.1 Å². The molecule has 1 atom stereocenters. The number of nitrogens with two attached hydrogens (primary N) is 1. The molecule has 1 aliphatic heterocycles. The molecule has 0 fully saturated rings. The molecule has 2 aromatic rings. The first-order valence-electron chi connectivity index (χ1n) is 9.65. The number of nitrogens with one attached hydrogen (secondary N) is 1. The lowest BCUT2D eigenvalue weighted by atomic mass is 9.93. The summed E-state index contributed by atoms with van der Waals surface area (Å²) < 4.78 is 5.14. The van der Waals surface area contributed by atoms with Gasteiger partial charge >= 0.3 is 0 Å². The van der Waals surface area contributed by atoms with Crippen molar-refractivity contribution in [3.8, 4) is 5.75 Å². The van der Waals surface area contributed by atoms with Crippen molar-refractivity contribution in [2.45, 2.75) is 19.0 Å². The Morgan fingerprint density at radius 2 is 1.90 bits per heavy atom. The molecule has 158 valence electrons. The number of carbonyl (C=O) groups excluding carboxylic acids is 3. The van der Waals surface area contributed by atoms with Crippen molar-refractivity contribution in [3.63, 3.8) is 0 Å². The van der Waals surface area contributed by atoms with Crippen LogP contribution in [-0.2, 0) is 27.3 Å². The third-order valence-electron chi connectivity index (χ3n) is 5.17. The molecule has 0 saturated heterocycles. The number of amides is 3. The summed E-state index contributed by atoms with van der Waals surface area (Å²) in [5.41, 5.74) is 8.30. The molecule has 0 aliphatic carbocycles. The molecule has 30 heavy (non-hydrogen) atoms. The highest BCUT2D eigenvalue weighted by atomic mass is 16.5. The van der Waals surface area contributed by atoms with Gasteiger partial charge in [0.05, 0.1) is 26.2 Å². The summed E-state index contributed by atoms with van der Waals surface area (Å²) in [4.78, 5) is 40.1. The number of fused-ring (bicyclic) bond motifs is 1. The van der Waals surface area contributed by atoms with E-state index in [-0.39, 0.29) is 24.9 Å². The van der Waals surface area contributed by atoms with Crippen LogP contribution in [0.15, 0.2) is 48.5 Å². The van der Waals surface area contributed by atoms with Crippen LogP contribution in [0.2, 0.25) is 0 Å². The number of likely N-dealkylation sites (N-methyl/N-ethyl adjacent to an activating group) is 1. The molecule has 0 radical (unpaired) electrons. The van der Waals surface area contributed by atoms with Crippen LogP contribution in [0.1, 0.15) is 11.1 Å². The minimum Gasteiger partial charge on any atom is -0.497 e. The van der Waals surface area contributed by atoms with Gasteiger partial charge in [-0.05, 0) is 29.7 Å². The number of carbonyl (C=O) groups is 3. The Balaban J connectivity index is 1.60. The molecule has 3 rings (SSSR count). The molecule has 0 bridgehead atoms. The van der Waals surface area contributed by atoms with Gasteiger partial charge in [0.2, 0.25) is 17.7 Å². The predicted molar refractivity (Wildman–Crippen MR) is 113 cm³/mol. The second-order valence-corrected chi connectivity index (χ2v) is 7.33. The average Bonchev–Trinajstić information content (AvgIpc) is 2.73. The SMILES string of the molecule is COc1cccc(NC(=O)CN(C)C(=O)CN2Cc3ccccc3CC2C(N)=O)c1. The molecule has 0 aromatic heterocycles. The van der Waals surface area contributed by atoms with Gasteiger partial charge in [0.15, 0.2) is 0 Å². The Morgan fingerprint density at radius 3 is 2.60 bits per heavy atom. The molecule has 8 heteroatoms. The number of primary amides is 1. The fourth-order valence-electron chi connectivity index (χ4n) is 3.52. The smallest absolute Gasteiger partial charge is 0.243 e. The first kappa shape index (κ1) is 21.3. The fourth-order valence-corrected chi connectivity index (χ4v) is 3.52. The maximum Gasteiger partial charge on any atom is 0.243 e. The number of rotatable bonds is 7. The van der Waals surface area contributed by atoms with Crippen LogP contribution >= 0.6 is 0 Å². The Bertz CT molecular complexity index is 946. The summed E-state index contributed by atoms with van der Waals surface area (Å²) in [5, 5.41) is 2.75. The molecule has 0 saturated carbocycles. The lowest BCUT2D eigenvalue weighted by Gasteiger charge is -2.35. The summed E-state index contributed by atoms with van der Waals surface area (Å²) in [6.45, 7) is 0.353. The standard InChI is InChI=1S/C22H26N4O4/c1-25(13-20(27)24-17-8-5-9-18(11-17)30-2)21(28)14-26-12-16-7-4-3-6-15(16)10-19(26)22(23)29/h3-9,11,19H,10,12-14H2,1-2H3,(H2,23,29)(H,24,27). The number of benzene rings is 2. The topological polar surface area (TPSA) is 105 Å². The molecule has 8 nitrogen and oxygen atoms in total. The Labute approximate surface area is 175 Å². The maximum absolute atomic E-state index is 12.7. The van der Waals surface area contributed by atoms with Crippen LogP contribution in [0.5, 0.6) is 5.75 Å². The van der Waals surface area contributed by atoms with E-state index >= 15 is 0 Å². The van der Waals surface area contributed by atoms with Crippen molar-refractivity contribution in [1.82, 2.24) is 9.80 Å². The van der Waals surface area contributed by atoms with Crippen LogP contribution in [0.3, 0.4) is 0 Å². The number of ether oxygens (including phenoxy) is 1. The van der Waals surface area contributed by atoms with E-state index in [1.54, 1.807) is 43.3 Å². The minimum absolute atomic E-state index is 0.00484. The monoisotopic (exact) mass is 410 g/mol. The van der Waals surface area contributed by atoms with Gasteiger partial charge in [0, 0.05) is 25.3 Å². The minimum atomic E-state index is -0.553. The van der Waals surface area contributed by atoms with Gasteiger partial charge in [-0.2, -0.15) is 0 Å². The van der Waals surface area contributed by atoms with E-state index in [1.807, 2.05) is 24.3 Å². The molecule has 2 aromatic carbocycles. The number of nitrogens with zero attached hydrogens (tertiary/aromatic N) is 2. The Kier molecular flexibility index (Phi) is 6.68. The van der Waals surface area contributed by atoms with Crippen LogP contribution in [0.4, 0.5) is 5.69 Å². The number of anilines is 1. The summed E-state index contributed by atoms with van der Waals surface area (Å²) in [6, 6.07) is 14.2. The predicted octanol–water partition coefficient (Wildman–Crippen LogP) is 1.00. The van der Waals surface area contributed by atoms with Gasteiger partial charge in [-0.3, -0.25) is 19.3 Å². The molecule has 0 spiro atoms. The third kappa shape index (κ3) is 5.15. The second-order valence-electron chi connectivity index (χ2n) is 7.33. The molecule has 1 aliphatic rings. The lowest BCUT2D eigenvalue weighted by Crippen LogP contribution is -2.52. The van der Waals surface area contributed by atoms with E-state index in [0.717, 1.165) is 11.1 Å². The normalized spacial score (nSPS) is 15.7. The van der Waals surface area contributed by atoms with Gasteiger partial charge < -0.3 is 20.7 Å². The zero-order valence-corrected chi connectivity index (χ0v) is 17.1. The fraction of sp³-hybridized carbons (Fsp3) is 0.318. The van der Waals surface area contributed by atoms with Crippen LogP contribution in [0.25, 0.3) is 0 Å². The number of hydrogen-bond donors (Lipinski definition) is 2. The lowest BCUT2D eigenvalue weighted by molar-refractivity contribution is -0.136. The van der Waals surface area contributed by atoms with Crippen molar-refractivity contribution >= 4 is 23.4 Å². The molecular formula is C22H26N4O4. The molecule has 1 unspecified atom stereocenters. The largest absolute Gasteiger partial charge is 0.497 e. The highest BCUT2D eigenvalue weighted by molar-refractivity contribution is 5.95. The van der Waals surface area contributed by atoms with E-state index < -0.39 is 11.9 Å². The Morgan fingerprint density at radius 1 is 1.17 bits per heavy atom. The summed E-state index contributed by atoms with van der Waals surface area (Å²) in [5.74, 6) is -0.424. The van der Waals surface area contributed by atoms with Gasteiger partial charge in [0.1, 0.15) is 5.75 Å². The number of hydrogen-bond acceptors (Lipinski definition) is 5. The number of methoxy groups -OCH3 is 1. The van der Waals surface area contributed by atoms with E-state index in [1.165, 1.54) is 4.90 Å². The van der Waals surface area contributed by atoms with E-state index in [2.05, 4.69) is 5.32 Å². The molecule has 3 N–H and O–H groups in total. The van der Waals surface area contributed by atoms with Crippen molar-refractivity contribution in [1.29, 1.82) is 0 Å². The van der Waals surface area contributed by atoms with Gasteiger partial charge in [-0.15, -0.1) is 0 Å². The van der Waals surface area contributed by atoms with Gasteiger partial charge in [0.25, 0.3) is 0 Å². The zero-order chi connectivity index (χ0) is 21.7. The summed E-state index contributed by atoms with van der Waals surface area (Å²) >= 11 is 0. The Hall–Kier alpha value is -3.39. The first-order chi connectivity index (χ1) is 14.4. The van der Waals surface area contributed by atoms with Crippen LogP contribution in [-0.4, -0.2) is 60.8 Å². The molecular weight excluding hydrogens is 384 g/mol. The van der Waals surface area contributed by atoms with Crippen LogP contribution < -0.4 is 15.8 Å². The van der Waals surface area contributed by atoms with Gasteiger partial charge in [-0.25, -0.2) is 0 Å². The average molecular weight is 410 g/mol. The zero-order valence-electron chi connectivity index (χ0n) is 17.1. The quantitative estimate of drug-likeness (QED) is 0.709. The van der Waals surface area contributed by atoms with Crippen molar-refractivity contribution in [2.24, 2.45) is 5.73 Å².